The van der Waals surface area contributed by atoms with Crippen molar-refractivity contribution in [1.82, 2.24) is 4.90 Å². The molecule has 2 aliphatic rings. The third-order valence-electron chi connectivity index (χ3n) is 6.85. The molecule has 7 nitrogen and oxygen atoms in total. The van der Waals surface area contributed by atoms with Gasteiger partial charge >= 0.3 is 11.9 Å². The lowest BCUT2D eigenvalue weighted by Crippen LogP contribution is -2.47. The summed E-state index contributed by atoms with van der Waals surface area (Å²) in [5.74, 6) is -2.23. The van der Waals surface area contributed by atoms with Gasteiger partial charge < -0.3 is 14.4 Å². The Bertz CT molecular complexity index is 1160. The highest BCUT2D eigenvalue weighted by Crippen LogP contribution is 2.40. The van der Waals surface area contributed by atoms with E-state index in [2.05, 4.69) is 39.1 Å². The number of allylic oxidation sites excluding steroid dienone is 1. The summed E-state index contributed by atoms with van der Waals surface area (Å²) in [4.78, 5) is 35.3. The summed E-state index contributed by atoms with van der Waals surface area (Å²) in [6.07, 6.45) is 0. The quantitative estimate of drug-likeness (QED) is 0.517. The second kappa shape index (κ2) is 11.7. The molecule has 0 spiro atoms. The Labute approximate surface area is 217 Å². The summed E-state index contributed by atoms with van der Waals surface area (Å²) in [6, 6.07) is 17.6. The third-order valence-corrected chi connectivity index (χ3v) is 7.08. The molecule has 2 aliphatic heterocycles. The minimum Gasteiger partial charge on any atom is -0.468 e. The lowest BCUT2D eigenvalue weighted by molar-refractivity contribution is -0.144. The Morgan fingerprint density at radius 2 is 1.75 bits per heavy atom. The van der Waals surface area contributed by atoms with Crippen molar-refractivity contribution < 1.29 is 19.1 Å². The first-order chi connectivity index (χ1) is 17.4. The molecule has 2 unspecified atom stereocenters. The first-order valence-electron chi connectivity index (χ1n) is 12.2. The third kappa shape index (κ3) is 5.79. The van der Waals surface area contributed by atoms with E-state index in [1.807, 2.05) is 12.1 Å². The molecule has 2 aromatic rings. The molecule has 36 heavy (non-hydrogen) atoms. The summed E-state index contributed by atoms with van der Waals surface area (Å²) < 4.78 is 10.8. The number of carbonyl (C=O) groups is 2. The van der Waals surface area contributed by atoms with Crippen molar-refractivity contribution >= 4 is 34.9 Å². The maximum atomic E-state index is 13.4. The number of methoxy groups -OCH3 is 1. The van der Waals surface area contributed by atoms with Gasteiger partial charge in [-0.15, -0.1) is 0 Å². The van der Waals surface area contributed by atoms with Crippen LogP contribution in [0.2, 0.25) is 5.02 Å². The molecule has 0 aromatic heterocycles. The summed E-state index contributed by atoms with van der Waals surface area (Å²) in [5.41, 5.74) is 3.48. The number of nitrogens with zero attached hydrogens (tertiary/aromatic N) is 3. The molecule has 0 N–H and O–H groups in total. The summed E-state index contributed by atoms with van der Waals surface area (Å²) in [6.45, 7) is 8.09. The normalized spacial score (nSPS) is 20.7. The number of piperazine rings is 1. The Hall–Kier alpha value is -3.16. The smallest absolute Gasteiger partial charge is 0.336 e. The Kier molecular flexibility index (Phi) is 8.44. The summed E-state index contributed by atoms with van der Waals surface area (Å²) >= 11 is 6.26. The highest BCUT2D eigenvalue weighted by molar-refractivity contribution is 6.30. The standard InChI is InChI=1S/C28H32ClN3O4/c1-19-24(27(33)35-3)26(21-8-7-9-22(29)18-21)25(20(2)30-19)28(34)36-17-16-31-12-14-32(15-13-31)23-10-5-4-6-11-23/h4-11,18,24,26H,12-17H2,1-3H3. The van der Waals surface area contributed by atoms with E-state index in [0.29, 0.717) is 28.5 Å². The lowest BCUT2D eigenvalue weighted by Gasteiger charge is -2.36. The van der Waals surface area contributed by atoms with E-state index in [9.17, 15) is 9.59 Å². The van der Waals surface area contributed by atoms with Gasteiger partial charge in [0.05, 0.1) is 12.7 Å². The molecular weight excluding hydrogens is 478 g/mol. The number of anilines is 1. The van der Waals surface area contributed by atoms with Crippen LogP contribution in [0.25, 0.3) is 0 Å². The molecule has 0 amide bonds. The number of hydrogen-bond donors (Lipinski definition) is 0. The molecule has 1 fully saturated rings. The minimum absolute atomic E-state index is 0.259. The molecule has 2 heterocycles. The number of carbonyl (C=O) groups excluding carboxylic acids is 2. The zero-order chi connectivity index (χ0) is 25.7. The van der Waals surface area contributed by atoms with Gasteiger partial charge in [-0.2, -0.15) is 0 Å². The zero-order valence-electron chi connectivity index (χ0n) is 20.9. The highest BCUT2D eigenvalue weighted by Gasteiger charge is 2.42. The van der Waals surface area contributed by atoms with Crippen LogP contribution in [-0.2, 0) is 19.1 Å². The van der Waals surface area contributed by atoms with Gasteiger partial charge in [0, 0.05) is 60.8 Å². The fraction of sp³-hybridized carbons (Fsp3) is 0.393. The van der Waals surface area contributed by atoms with E-state index in [1.165, 1.54) is 12.8 Å². The number of para-hydroxylation sites is 1. The molecule has 8 heteroatoms. The zero-order valence-corrected chi connectivity index (χ0v) is 21.7. The number of hydrogen-bond acceptors (Lipinski definition) is 7. The molecule has 4 rings (SSSR count). The van der Waals surface area contributed by atoms with Crippen molar-refractivity contribution in [2.45, 2.75) is 19.8 Å². The topological polar surface area (TPSA) is 71.4 Å². The van der Waals surface area contributed by atoms with Crippen LogP contribution >= 0.6 is 11.6 Å². The monoisotopic (exact) mass is 509 g/mol. The predicted molar refractivity (Wildman–Crippen MR) is 142 cm³/mol. The Morgan fingerprint density at radius 3 is 2.42 bits per heavy atom. The first-order valence-corrected chi connectivity index (χ1v) is 12.6. The van der Waals surface area contributed by atoms with Crippen LogP contribution in [-0.4, -0.2) is 69.0 Å². The lowest BCUT2D eigenvalue weighted by atomic mass is 9.75. The Morgan fingerprint density at radius 1 is 1.03 bits per heavy atom. The number of halogens is 1. The van der Waals surface area contributed by atoms with Crippen LogP contribution < -0.4 is 4.90 Å². The van der Waals surface area contributed by atoms with Crippen LogP contribution in [0.1, 0.15) is 25.3 Å². The van der Waals surface area contributed by atoms with Crippen molar-refractivity contribution in [2.24, 2.45) is 10.9 Å². The number of ether oxygens (including phenoxy) is 2. The van der Waals surface area contributed by atoms with Gasteiger partial charge in [-0.25, -0.2) is 4.79 Å². The van der Waals surface area contributed by atoms with Gasteiger partial charge in [0.25, 0.3) is 0 Å². The van der Waals surface area contributed by atoms with E-state index in [0.717, 1.165) is 31.7 Å². The van der Waals surface area contributed by atoms with Gasteiger partial charge in [-0.05, 0) is 43.7 Å². The van der Waals surface area contributed by atoms with Crippen LogP contribution in [0.4, 0.5) is 5.69 Å². The van der Waals surface area contributed by atoms with E-state index in [4.69, 9.17) is 21.1 Å². The number of benzene rings is 2. The van der Waals surface area contributed by atoms with E-state index in [-0.39, 0.29) is 6.61 Å². The average Bonchev–Trinajstić information content (AvgIpc) is 2.88. The maximum absolute atomic E-state index is 13.4. The molecule has 2 aromatic carbocycles. The highest BCUT2D eigenvalue weighted by atomic mass is 35.5. The second-order valence-corrected chi connectivity index (χ2v) is 9.52. The van der Waals surface area contributed by atoms with Crippen LogP contribution in [0, 0.1) is 5.92 Å². The molecule has 190 valence electrons. The maximum Gasteiger partial charge on any atom is 0.336 e. The van der Waals surface area contributed by atoms with Crippen molar-refractivity contribution in [1.29, 1.82) is 0 Å². The van der Waals surface area contributed by atoms with E-state index < -0.39 is 23.8 Å². The molecule has 1 saturated heterocycles. The van der Waals surface area contributed by atoms with E-state index >= 15 is 0 Å². The molecular formula is C28H32ClN3O4. The molecule has 2 atom stereocenters. The number of rotatable bonds is 7. The average molecular weight is 510 g/mol. The van der Waals surface area contributed by atoms with Gasteiger partial charge in [0.2, 0.25) is 0 Å². The molecule has 0 radical (unpaired) electrons. The minimum atomic E-state index is -0.731. The predicted octanol–water partition coefficient (Wildman–Crippen LogP) is 4.33. The fourth-order valence-electron chi connectivity index (χ4n) is 5.01. The fourth-order valence-corrected chi connectivity index (χ4v) is 5.21. The van der Waals surface area contributed by atoms with Gasteiger partial charge in [-0.3, -0.25) is 14.7 Å². The van der Waals surface area contributed by atoms with Crippen LogP contribution in [0.5, 0.6) is 0 Å². The molecule has 0 bridgehead atoms. The molecule has 0 aliphatic carbocycles. The van der Waals surface area contributed by atoms with Crippen molar-refractivity contribution in [3.8, 4) is 0 Å². The van der Waals surface area contributed by atoms with Crippen LogP contribution in [0.3, 0.4) is 0 Å². The van der Waals surface area contributed by atoms with Gasteiger partial charge in [0.15, 0.2) is 0 Å². The second-order valence-electron chi connectivity index (χ2n) is 9.09. The van der Waals surface area contributed by atoms with Gasteiger partial charge in [0.1, 0.15) is 12.5 Å². The van der Waals surface area contributed by atoms with Gasteiger partial charge in [-0.1, -0.05) is 41.9 Å². The van der Waals surface area contributed by atoms with Crippen LogP contribution in [0.15, 0.2) is 70.9 Å². The number of esters is 2. The van der Waals surface area contributed by atoms with Crippen molar-refractivity contribution in [3.05, 3.63) is 76.5 Å². The van der Waals surface area contributed by atoms with Crippen molar-refractivity contribution in [3.63, 3.8) is 0 Å². The summed E-state index contributed by atoms with van der Waals surface area (Å²) in [5, 5.41) is 0.524. The first kappa shape index (κ1) is 25.9. The number of aliphatic imine (C=N–C) groups is 1. The summed E-state index contributed by atoms with van der Waals surface area (Å²) in [7, 11) is 1.34. The van der Waals surface area contributed by atoms with Crippen molar-refractivity contribution in [2.75, 3.05) is 51.3 Å². The molecule has 0 saturated carbocycles. The van der Waals surface area contributed by atoms with E-state index in [1.54, 1.807) is 32.0 Å². The largest absolute Gasteiger partial charge is 0.468 e. The Balaban J connectivity index is 1.43. The SMILES string of the molecule is COC(=O)C1C(C)=NC(C)=C(C(=O)OCCN2CCN(c3ccccc3)CC2)C1c1cccc(Cl)c1.